The molecule has 0 saturated carbocycles. The van der Waals surface area contributed by atoms with Crippen LogP contribution in [0.25, 0.3) is 20.9 Å². The van der Waals surface area contributed by atoms with E-state index in [0.717, 1.165) is 0 Å². The predicted molar refractivity (Wildman–Crippen MR) is 58.0 cm³/mol. The Morgan fingerprint density at radius 3 is 2.93 bits per heavy atom. The van der Waals surface area contributed by atoms with E-state index < -0.39 is 0 Å². The molecule has 2 aromatic heterocycles. The van der Waals surface area contributed by atoms with Crippen molar-refractivity contribution in [3.05, 3.63) is 47.2 Å². The first-order valence-electron chi connectivity index (χ1n) is 4.38. The minimum atomic E-state index is 0.317. The van der Waals surface area contributed by atoms with Gasteiger partial charge in [-0.3, -0.25) is 0 Å². The molecule has 2 heterocycles. The van der Waals surface area contributed by atoms with Crippen LogP contribution in [0.4, 0.5) is 5.82 Å². The van der Waals surface area contributed by atoms with Crippen molar-refractivity contribution in [2.45, 2.75) is 0 Å². The fourth-order valence-corrected chi connectivity index (χ4v) is 3.60. The first-order valence-corrected chi connectivity index (χ1v) is 6.23. The molecule has 3 rings (SSSR count). The molecule has 0 bridgehead atoms. The molecular formula is C11H8N2Se. The summed E-state index contributed by atoms with van der Waals surface area (Å²) in [5.74, 6) is 0.616. The molecule has 2 nitrogen and oxygen atoms in total. The fourth-order valence-electron chi connectivity index (χ4n) is 1.67. The van der Waals surface area contributed by atoms with Crippen LogP contribution in [0.3, 0.4) is 0 Å². The molecule has 1 N–H and O–H groups in total. The summed E-state index contributed by atoms with van der Waals surface area (Å²) in [5.41, 5.74) is 7.73. The second kappa shape index (κ2) is 2.84. The van der Waals surface area contributed by atoms with Gasteiger partial charge in [-0.05, 0) is 0 Å². The molecule has 1 aromatic carbocycles. The normalized spacial score (nSPS) is 11.1. The average molecular weight is 247 g/mol. The van der Waals surface area contributed by atoms with Crippen LogP contribution in [0, 0.1) is 0 Å². The molecule has 0 amide bonds. The zero-order chi connectivity index (χ0) is 9.54. The SMILES string of the molecule is [NH-]c1c[se]c2c3ccccc3cc[n+]12. The fraction of sp³-hybridized carbons (Fsp3) is 0. The maximum absolute atomic E-state index is 7.73. The second-order valence-corrected chi connectivity index (χ2v) is 5.00. The topological polar surface area (TPSA) is 27.9 Å². The second-order valence-electron chi connectivity index (χ2n) is 3.20. The molecule has 0 aliphatic heterocycles. The number of hydrogen-bond acceptors (Lipinski definition) is 0. The van der Waals surface area contributed by atoms with E-state index in [0.29, 0.717) is 20.3 Å². The average Bonchev–Trinajstić information content (AvgIpc) is 2.61. The summed E-state index contributed by atoms with van der Waals surface area (Å²) in [5, 5.41) is 2.55. The van der Waals surface area contributed by atoms with Crippen LogP contribution in [-0.2, 0) is 0 Å². The van der Waals surface area contributed by atoms with Gasteiger partial charge in [0.15, 0.2) is 0 Å². The van der Waals surface area contributed by atoms with Gasteiger partial charge in [0.1, 0.15) is 0 Å². The number of fused-ring (bicyclic) bond motifs is 3. The first-order chi connectivity index (χ1) is 6.86. The standard InChI is InChI=1S/C11H8N2Se/c12-10-7-14-11-9-4-2-1-3-8(9)5-6-13(10)11/h1-7,12H. The molecule has 0 radical (unpaired) electrons. The number of nitrogens with zero attached hydrogens (tertiary/aromatic N) is 1. The summed E-state index contributed by atoms with van der Waals surface area (Å²) in [4.78, 5) is 2.01. The number of nitrogens with one attached hydrogen (secondary N) is 1. The Kier molecular flexibility index (Phi) is 1.63. The molecule has 3 aromatic rings. The zero-order valence-electron chi connectivity index (χ0n) is 7.40. The van der Waals surface area contributed by atoms with Gasteiger partial charge in [0.25, 0.3) is 0 Å². The summed E-state index contributed by atoms with van der Waals surface area (Å²) in [6.07, 6.45) is 1.99. The van der Waals surface area contributed by atoms with E-state index in [1.54, 1.807) is 0 Å². The molecular weight excluding hydrogens is 239 g/mol. The number of pyridine rings is 1. The van der Waals surface area contributed by atoms with Crippen molar-refractivity contribution in [1.82, 2.24) is 0 Å². The van der Waals surface area contributed by atoms with Crippen LogP contribution >= 0.6 is 0 Å². The van der Waals surface area contributed by atoms with E-state index in [-0.39, 0.29) is 0 Å². The van der Waals surface area contributed by atoms with Crippen LogP contribution < -0.4 is 4.40 Å². The van der Waals surface area contributed by atoms with Crippen LogP contribution in [0.5, 0.6) is 0 Å². The first kappa shape index (κ1) is 8.04. The molecule has 0 saturated heterocycles. The van der Waals surface area contributed by atoms with E-state index >= 15 is 0 Å². The summed E-state index contributed by atoms with van der Waals surface area (Å²) < 4.78 is 3.27. The Labute approximate surface area is 87.3 Å². The molecule has 0 unspecified atom stereocenters. The van der Waals surface area contributed by atoms with Crippen LogP contribution in [0.2, 0.25) is 0 Å². The Bertz CT molecular complexity index is 613. The number of hydrogen-bond donors (Lipinski definition) is 0. The van der Waals surface area contributed by atoms with Gasteiger partial charge in [0.2, 0.25) is 0 Å². The number of benzene rings is 1. The van der Waals surface area contributed by atoms with E-state index in [2.05, 4.69) is 30.3 Å². The van der Waals surface area contributed by atoms with Gasteiger partial charge in [-0.1, -0.05) is 0 Å². The number of rotatable bonds is 0. The minimum absolute atomic E-state index is 0.317. The molecule has 0 atom stereocenters. The predicted octanol–water partition coefficient (Wildman–Crippen LogP) is 2.32. The Morgan fingerprint density at radius 2 is 2.00 bits per heavy atom. The van der Waals surface area contributed by atoms with Crippen molar-refractivity contribution in [1.29, 1.82) is 0 Å². The molecule has 3 heteroatoms. The molecule has 0 fully saturated rings. The Hall–Kier alpha value is -1.31. The third-order valence-corrected chi connectivity index (χ3v) is 4.41. The van der Waals surface area contributed by atoms with Gasteiger partial charge in [-0.15, -0.1) is 0 Å². The van der Waals surface area contributed by atoms with Crippen molar-refractivity contribution in [3.8, 4) is 0 Å². The third kappa shape index (κ3) is 0.999. The molecule has 0 spiro atoms. The van der Waals surface area contributed by atoms with E-state index in [4.69, 9.17) is 5.73 Å². The van der Waals surface area contributed by atoms with Gasteiger partial charge >= 0.3 is 87.1 Å². The Balaban J connectivity index is 2.61. The molecule has 14 heavy (non-hydrogen) atoms. The third-order valence-electron chi connectivity index (χ3n) is 2.35. The van der Waals surface area contributed by atoms with E-state index in [1.807, 2.05) is 15.5 Å². The molecule has 0 aliphatic carbocycles. The summed E-state index contributed by atoms with van der Waals surface area (Å²) in [6.45, 7) is 0. The summed E-state index contributed by atoms with van der Waals surface area (Å²) >= 11 is 0.317. The van der Waals surface area contributed by atoms with Gasteiger partial charge in [0.05, 0.1) is 0 Å². The van der Waals surface area contributed by atoms with Crippen molar-refractivity contribution in [2.75, 3.05) is 0 Å². The monoisotopic (exact) mass is 248 g/mol. The van der Waals surface area contributed by atoms with Crippen molar-refractivity contribution in [2.24, 2.45) is 0 Å². The van der Waals surface area contributed by atoms with Gasteiger partial charge in [-0.2, -0.15) is 0 Å². The van der Waals surface area contributed by atoms with Crippen LogP contribution in [-0.4, -0.2) is 14.5 Å². The summed E-state index contributed by atoms with van der Waals surface area (Å²) in [7, 11) is 0. The molecule has 0 aliphatic rings. The van der Waals surface area contributed by atoms with Gasteiger partial charge in [0, 0.05) is 0 Å². The van der Waals surface area contributed by atoms with E-state index in [9.17, 15) is 0 Å². The van der Waals surface area contributed by atoms with E-state index in [1.165, 1.54) is 15.2 Å². The van der Waals surface area contributed by atoms with Crippen molar-refractivity contribution < 1.29 is 4.40 Å². The Morgan fingerprint density at radius 1 is 1.14 bits per heavy atom. The van der Waals surface area contributed by atoms with Crippen molar-refractivity contribution in [3.63, 3.8) is 0 Å². The number of aromatic nitrogens is 1. The zero-order valence-corrected chi connectivity index (χ0v) is 9.11. The quantitative estimate of drug-likeness (QED) is 0.431. The van der Waals surface area contributed by atoms with Crippen LogP contribution in [0.1, 0.15) is 0 Å². The van der Waals surface area contributed by atoms with Crippen LogP contribution in [0.15, 0.2) is 41.5 Å². The maximum atomic E-state index is 7.73. The van der Waals surface area contributed by atoms with Crippen molar-refractivity contribution >= 4 is 35.5 Å². The molecule has 68 valence electrons. The summed E-state index contributed by atoms with van der Waals surface area (Å²) in [6, 6.07) is 10.4. The van der Waals surface area contributed by atoms with Gasteiger partial charge in [-0.25, -0.2) is 0 Å². The van der Waals surface area contributed by atoms with Gasteiger partial charge < -0.3 is 0 Å².